The van der Waals surface area contributed by atoms with Crippen LogP contribution in [0.2, 0.25) is 0 Å². The van der Waals surface area contributed by atoms with E-state index in [4.69, 9.17) is 13.3 Å². The van der Waals surface area contributed by atoms with Crippen molar-refractivity contribution in [3.05, 3.63) is 60.7 Å². The van der Waals surface area contributed by atoms with Crippen LogP contribution in [0.15, 0.2) is 60.7 Å². The lowest BCUT2D eigenvalue weighted by Gasteiger charge is -2.12. The summed E-state index contributed by atoms with van der Waals surface area (Å²) >= 11 is 0. The lowest BCUT2D eigenvalue weighted by Crippen LogP contribution is -2.27. The standard InChI is InChI=1S/C14H10.C6H16O3Si/c1-2-6-12-10-14-8-4-3-7-13(14)9-11(12)5-1;1-4-7-10(8-5-2)9-6-3/h1-10H;10H,4-6H2,1-3H3. The Labute approximate surface area is 146 Å². The van der Waals surface area contributed by atoms with Gasteiger partial charge in [0.15, 0.2) is 0 Å². The number of hydrogen-bond acceptors (Lipinski definition) is 3. The van der Waals surface area contributed by atoms with E-state index in [9.17, 15) is 0 Å². The zero-order valence-corrected chi connectivity index (χ0v) is 15.9. The van der Waals surface area contributed by atoms with E-state index in [0.717, 1.165) is 0 Å². The molecular weight excluding hydrogens is 316 g/mol. The minimum absolute atomic E-state index is 0.677. The topological polar surface area (TPSA) is 27.7 Å². The predicted octanol–water partition coefficient (Wildman–Crippen LogP) is 4.81. The molecule has 0 radical (unpaired) electrons. The van der Waals surface area contributed by atoms with E-state index in [1.54, 1.807) is 0 Å². The highest BCUT2D eigenvalue weighted by Crippen LogP contribution is 2.21. The van der Waals surface area contributed by atoms with Crippen molar-refractivity contribution in [2.24, 2.45) is 0 Å². The minimum atomic E-state index is -1.73. The number of hydrogen-bond donors (Lipinski definition) is 0. The second-order valence-corrected chi connectivity index (χ2v) is 6.78. The van der Waals surface area contributed by atoms with Gasteiger partial charge in [-0.25, -0.2) is 0 Å². The Kier molecular flexibility index (Phi) is 7.92. The summed E-state index contributed by atoms with van der Waals surface area (Å²) in [4.78, 5) is 0. The molecule has 3 aromatic rings. The summed E-state index contributed by atoms with van der Waals surface area (Å²) in [6, 6.07) is 21.4. The molecule has 0 saturated heterocycles. The Morgan fingerprint density at radius 3 is 1.12 bits per heavy atom. The van der Waals surface area contributed by atoms with Crippen molar-refractivity contribution in [2.75, 3.05) is 19.8 Å². The largest absolute Gasteiger partial charge is 0.484 e. The molecule has 0 N–H and O–H groups in total. The molecule has 128 valence electrons. The van der Waals surface area contributed by atoms with E-state index >= 15 is 0 Å². The second-order valence-electron chi connectivity index (χ2n) is 5.20. The molecule has 0 bridgehead atoms. The summed E-state index contributed by atoms with van der Waals surface area (Å²) in [5.74, 6) is 0. The van der Waals surface area contributed by atoms with Crippen LogP contribution in [0.25, 0.3) is 21.5 Å². The maximum Gasteiger partial charge on any atom is 0.484 e. The monoisotopic (exact) mass is 342 g/mol. The number of fused-ring (bicyclic) bond motifs is 2. The first-order valence-corrected chi connectivity index (χ1v) is 9.92. The maximum atomic E-state index is 5.22. The summed E-state index contributed by atoms with van der Waals surface area (Å²) in [7, 11) is -1.73. The average Bonchev–Trinajstić information content (AvgIpc) is 2.61. The molecule has 0 spiro atoms. The molecule has 0 aliphatic rings. The molecule has 4 heteroatoms. The third kappa shape index (κ3) is 5.42. The molecule has 0 heterocycles. The first-order valence-electron chi connectivity index (χ1n) is 8.50. The van der Waals surface area contributed by atoms with Crippen molar-refractivity contribution in [1.29, 1.82) is 0 Å². The third-order valence-corrected chi connectivity index (χ3v) is 5.34. The Morgan fingerprint density at radius 2 is 0.875 bits per heavy atom. The van der Waals surface area contributed by atoms with Gasteiger partial charge in [-0.3, -0.25) is 0 Å². The summed E-state index contributed by atoms with van der Waals surface area (Å²) < 4.78 is 15.7. The molecule has 0 aromatic heterocycles. The SMILES string of the molecule is CCO[SiH](OCC)OCC.c1ccc2cc3ccccc3cc2c1. The van der Waals surface area contributed by atoms with E-state index in [0.29, 0.717) is 19.8 Å². The fourth-order valence-electron chi connectivity index (χ4n) is 2.44. The van der Waals surface area contributed by atoms with E-state index in [-0.39, 0.29) is 0 Å². The number of rotatable bonds is 6. The predicted molar refractivity (Wildman–Crippen MR) is 103 cm³/mol. The van der Waals surface area contributed by atoms with Crippen LogP contribution < -0.4 is 0 Å². The van der Waals surface area contributed by atoms with Gasteiger partial charge in [-0.1, -0.05) is 48.5 Å². The van der Waals surface area contributed by atoms with Crippen LogP contribution in [0.4, 0.5) is 0 Å². The van der Waals surface area contributed by atoms with Crippen molar-refractivity contribution < 1.29 is 13.3 Å². The maximum absolute atomic E-state index is 5.22. The van der Waals surface area contributed by atoms with Gasteiger partial charge in [0.25, 0.3) is 0 Å². The zero-order valence-electron chi connectivity index (χ0n) is 14.7. The van der Waals surface area contributed by atoms with Gasteiger partial charge in [0.1, 0.15) is 0 Å². The second kappa shape index (κ2) is 10.2. The van der Waals surface area contributed by atoms with Gasteiger partial charge >= 0.3 is 9.53 Å². The molecule has 24 heavy (non-hydrogen) atoms. The van der Waals surface area contributed by atoms with Crippen LogP contribution in [0.1, 0.15) is 20.8 Å². The van der Waals surface area contributed by atoms with Crippen molar-refractivity contribution >= 4 is 31.1 Å². The molecule has 0 amide bonds. The molecule has 0 saturated carbocycles. The molecule has 3 aromatic carbocycles. The van der Waals surface area contributed by atoms with Gasteiger partial charge in [0, 0.05) is 19.8 Å². The van der Waals surface area contributed by atoms with Gasteiger partial charge in [0.05, 0.1) is 0 Å². The Hall–Kier alpha value is -1.72. The van der Waals surface area contributed by atoms with Crippen molar-refractivity contribution in [2.45, 2.75) is 20.8 Å². The van der Waals surface area contributed by atoms with E-state index in [1.165, 1.54) is 21.5 Å². The average molecular weight is 343 g/mol. The molecule has 3 rings (SSSR count). The third-order valence-electron chi connectivity index (χ3n) is 3.52. The Morgan fingerprint density at radius 1 is 0.583 bits per heavy atom. The van der Waals surface area contributed by atoms with Crippen LogP contribution in [-0.2, 0) is 13.3 Å². The molecule has 0 fully saturated rings. The normalized spacial score (nSPS) is 10.8. The van der Waals surface area contributed by atoms with E-state index < -0.39 is 9.53 Å². The van der Waals surface area contributed by atoms with Crippen molar-refractivity contribution in [3.8, 4) is 0 Å². The minimum Gasteiger partial charge on any atom is -0.376 e. The first-order chi connectivity index (χ1) is 11.8. The van der Waals surface area contributed by atoms with Crippen LogP contribution in [0.3, 0.4) is 0 Å². The fraction of sp³-hybridized carbons (Fsp3) is 0.300. The van der Waals surface area contributed by atoms with Gasteiger partial charge in [-0.15, -0.1) is 0 Å². The Bertz CT molecular complexity index is 626. The van der Waals surface area contributed by atoms with E-state index in [1.807, 2.05) is 20.8 Å². The fourth-order valence-corrected chi connectivity index (χ4v) is 3.54. The smallest absolute Gasteiger partial charge is 0.376 e. The van der Waals surface area contributed by atoms with Crippen LogP contribution in [0.5, 0.6) is 0 Å². The van der Waals surface area contributed by atoms with Gasteiger partial charge in [0.2, 0.25) is 0 Å². The first kappa shape index (κ1) is 18.6. The van der Waals surface area contributed by atoms with Crippen LogP contribution in [0, 0.1) is 0 Å². The highest BCUT2D eigenvalue weighted by Gasteiger charge is 2.11. The lowest BCUT2D eigenvalue weighted by atomic mass is 10.0. The van der Waals surface area contributed by atoms with Gasteiger partial charge < -0.3 is 13.3 Å². The van der Waals surface area contributed by atoms with Crippen LogP contribution in [-0.4, -0.2) is 29.3 Å². The van der Waals surface area contributed by atoms with Gasteiger partial charge in [-0.05, 0) is 54.4 Å². The van der Waals surface area contributed by atoms with Crippen molar-refractivity contribution in [3.63, 3.8) is 0 Å². The molecule has 0 unspecified atom stereocenters. The van der Waals surface area contributed by atoms with Crippen LogP contribution >= 0.6 is 0 Å². The summed E-state index contributed by atoms with van der Waals surface area (Å²) in [6.45, 7) is 7.86. The summed E-state index contributed by atoms with van der Waals surface area (Å²) in [5, 5.41) is 5.25. The summed E-state index contributed by atoms with van der Waals surface area (Å²) in [5.41, 5.74) is 0. The summed E-state index contributed by atoms with van der Waals surface area (Å²) in [6.07, 6.45) is 0. The molecule has 0 aliphatic carbocycles. The molecule has 0 aliphatic heterocycles. The molecular formula is C20H26O3Si. The molecule has 3 nitrogen and oxygen atoms in total. The number of benzene rings is 3. The van der Waals surface area contributed by atoms with Gasteiger partial charge in [-0.2, -0.15) is 0 Å². The highest BCUT2D eigenvalue weighted by atomic mass is 28.3. The lowest BCUT2D eigenvalue weighted by molar-refractivity contribution is 0.107. The quantitative estimate of drug-likeness (QED) is 0.475. The van der Waals surface area contributed by atoms with Crippen molar-refractivity contribution in [1.82, 2.24) is 0 Å². The molecule has 0 atom stereocenters. The van der Waals surface area contributed by atoms with E-state index in [2.05, 4.69) is 60.7 Å². The highest BCUT2D eigenvalue weighted by molar-refractivity contribution is 6.36. The Balaban J connectivity index is 0.000000187. The zero-order chi connectivity index (χ0) is 17.2.